The van der Waals surface area contributed by atoms with E-state index in [0.717, 1.165) is 16.7 Å². The summed E-state index contributed by atoms with van der Waals surface area (Å²) in [6.45, 7) is 7.50. The van der Waals surface area contributed by atoms with Gasteiger partial charge < -0.3 is 4.74 Å². The van der Waals surface area contributed by atoms with Crippen molar-refractivity contribution in [2.24, 2.45) is 0 Å². The highest BCUT2D eigenvalue weighted by Crippen LogP contribution is 2.31. The Morgan fingerprint density at radius 3 is 2.61 bits per heavy atom. The van der Waals surface area contributed by atoms with Gasteiger partial charge in [0.2, 0.25) is 0 Å². The van der Waals surface area contributed by atoms with E-state index >= 15 is 0 Å². The Bertz CT molecular complexity index is 729. The molecule has 5 heteroatoms. The first-order valence-electron chi connectivity index (χ1n) is 7.27. The quantitative estimate of drug-likeness (QED) is 0.722. The molecule has 122 valence electrons. The summed E-state index contributed by atoms with van der Waals surface area (Å²) in [5, 5.41) is 6.02. The van der Waals surface area contributed by atoms with Crippen molar-refractivity contribution < 1.29 is 9.53 Å². The van der Waals surface area contributed by atoms with Gasteiger partial charge in [0.15, 0.2) is 0 Å². The number of benzene rings is 1. The Kier molecular flexibility index (Phi) is 5.50. The molecule has 3 nitrogen and oxygen atoms in total. The first kappa shape index (κ1) is 17.6. The number of rotatable bonds is 3. The van der Waals surface area contributed by atoms with E-state index in [9.17, 15) is 4.79 Å². The largest absolute Gasteiger partial charge is 0.444 e. The van der Waals surface area contributed by atoms with Gasteiger partial charge in [-0.2, -0.15) is 0 Å². The summed E-state index contributed by atoms with van der Waals surface area (Å²) in [4.78, 5) is 11.9. The van der Waals surface area contributed by atoms with Crippen LogP contribution < -0.4 is 5.32 Å². The molecule has 0 saturated heterocycles. The van der Waals surface area contributed by atoms with Crippen molar-refractivity contribution in [3.63, 3.8) is 0 Å². The standard InChI is InChI=1S/C18H20ClNO2S/c1-12-7-5-6-8-14(12)15(19)11-13-9-10-23-16(13)20-17(21)22-18(2,3)4/h5-11H,1-4H3,(H,20,21)/b15-11-. The number of amides is 1. The SMILES string of the molecule is Cc1ccccc1/C(Cl)=C/c1ccsc1NC(=O)OC(C)(C)C. The summed E-state index contributed by atoms with van der Waals surface area (Å²) in [5.74, 6) is 0. The van der Waals surface area contributed by atoms with Gasteiger partial charge in [-0.05, 0) is 56.3 Å². The second-order valence-corrected chi connectivity index (χ2v) is 7.46. The van der Waals surface area contributed by atoms with Crippen LogP contribution in [0.15, 0.2) is 35.7 Å². The minimum absolute atomic E-state index is 0.471. The molecular formula is C18H20ClNO2S. The number of hydrogen-bond donors (Lipinski definition) is 1. The fourth-order valence-corrected chi connectivity index (χ4v) is 3.07. The number of nitrogens with one attached hydrogen (secondary N) is 1. The number of thiophene rings is 1. The van der Waals surface area contributed by atoms with E-state index in [2.05, 4.69) is 5.32 Å². The van der Waals surface area contributed by atoms with Crippen LogP contribution in [0.25, 0.3) is 11.1 Å². The van der Waals surface area contributed by atoms with Crippen molar-refractivity contribution in [2.75, 3.05) is 5.32 Å². The average molecular weight is 350 g/mol. The number of hydrogen-bond acceptors (Lipinski definition) is 3. The molecule has 1 aromatic heterocycles. The van der Waals surface area contributed by atoms with Gasteiger partial charge in [-0.15, -0.1) is 11.3 Å². The molecule has 0 atom stereocenters. The molecule has 0 aliphatic carbocycles. The summed E-state index contributed by atoms with van der Waals surface area (Å²) in [6, 6.07) is 9.83. The second kappa shape index (κ2) is 7.20. The van der Waals surface area contributed by atoms with Gasteiger partial charge in [0.25, 0.3) is 0 Å². The lowest BCUT2D eigenvalue weighted by Crippen LogP contribution is -2.27. The highest BCUT2D eigenvalue weighted by atomic mass is 35.5. The lowest BCUT2D eigenvalue weighted by Gasteiger charge is -2.19. The summed E-state index contributed by atoms with van der Waals surface area (Å²) in [7, 11) is 0. The Balaban J connectivity index is 2.20. The third-order valence-electron chi connectivity index (χ3n) is 2.99. The Labute approximate surface area is 145 Å². The van der Waals surface area contributed by atoms with Gasteiger partial charge in [-0.1, -0.05) is 35.9 Å². The van der Waals surface area contributed by atoms with Gasteiger partial charge in [-0.25, -0.2) is 4.79 Å². The van der Waals surface area contributed by atoms with Crippen LogP contribution in [0.5, 0.6) is 0 Å². The van der Waals surface area contributed by atoms with Crippen LogP contribution in [0.3, 0.4) is 0 Å². The third-order valence-corrected chi connectivity index (χ3v) is 4.15. The van der Waals surface area contributed by atoms with E-state index in [0.29, 0.717) is 10.0 Å². The van der Waals surface area contributed by atoms with Gasteiger partial charge in [0, 0.05) is 10.6 Å². The zero-order chi connectivity index (χ0) is 17.0. The Hall–Kier alpha value is -1.78. The molecule has 0 aliphatic rings. The van der Waals surface area contributed by atoms with Crippen molar-refractivity contribution in [2.45, 2.75) is 33.3 Å². The molecule has 2 aromatic rings. The lowest BCUT2D eigenvalue weighted by molar-refractivity contribution is 0.0636. The number of carbonyl (C=O) groups excluding carboxylic acids is 1. The van der Waals surface area contributed by atoms with E-state index in [1.165, 1.54) is 11.3 Å². The molecular weight excluding hydrogens is 330 g/mol. The maximum Gasteiger partial charge on any atom is 0.412 e. The Morgan fingerprint density at radius 2 is 1.96 bits per heavy atom. The molecule has 0 fully saturated rings. The van der Waals surface area contributed by atoms with Crippen molar-refractivity contribution in [3.8, 4) is 0 Å². The topological polar surface area (TPSA) is 38.3 Å². The van der Waals surface area contributed by atoms with Crippen molar-refractivity contribution >= 4 is 45.1 Å². The highest BCUT2D eigenvalue weighted by Gasteiger charge is 2.17. The van der Waals surface area contributed by atoms with E-state index in [1.54, 1.807) is 0 Å². The molecule has 1 amide bonds. The number of aryl methyl sites for hydroxylation is 1. The first-order valence-corrected chi connectivity index (χ1v) is 8.53. The van der Waals surface area contributed by atoms with Crippen molar-refractivity contribution in [1.29, 1.82) is 0 Å². The molecule has 0 saturated carbocycles. The van der Waals surface area contributed by atoms with Gasteiger partial charge in [0.1, 0.15) is 10.6 Å². The maximum absolute atomic E-state index is 11.9. The van der Waals surface area contributed by atoms with Crippen molar-refractivity contribution in [1.82, 2.24) is 0 Å². The number of anilines is 1. The van der Waals surface area contributed by atoms with Gasteiger partial charge in [0.05, 0.1) is 0 Å². The van der Waals surface area contributed by atoms with Crippen LogP contribution in [-0.4, -0.2) is 11.7 Å². The normalized spacial score (nSPS) is 12.1. The minimum Gasteiger partial charge on any atom is -0.444 e. The summed E-state index contributed by atoms with van der Waals surface area (Å²) in [5.41, 5.74) is 2.40. The highest BCUT2D eigenvalue weighted by molar-refractivity contribution is 7.14. The third kappa shape index (κ3) is 5.12. The first-order chi connectivity index (χ1) is 10.8. The van der Waals surface area contributed by atoms with E-state index < -0.39 is 11.7 Å². The van der Waals surface area contributed by atoms with E-state index in [1.807, 2.05) is 69.5 Å². The molecule has 0 spiro atoms. The molecule has 1 N–H and O–H groups in total. The summed E-state index contributed by atoms with van der Waals surface area (Å²) in [6.07, 6.45) is 1.38. The van der Waals surface area contributed by atoms with Gasteiger partial charge >= 0.3 is 6.09 Å². The second-order valence-electron chi connectivity index (χ2n) is 6.14. The molecule has 23 heavy (non-hydrogen) atoms. The summed E-state index contributed by atoms with van der Waals surface area (Å²) >= 11 is 7.87. The maximum atomic E-state index is 11.9. The zero-order valence-electron chi connectivity index (χ0n) is 13.6. The molecule has 0 radical (unpaired) electrons. The van der Waals surface area contributed by atoms with E-state index in [-0.39, 0.29) is 0 Å². The van der Waals surface area contributed by atoms with Crippen molar-refractivity contribution in [3.05, 3.63) is 52.4 Å². The van der Waals surface area contributed by atoms with Crippen LogP contribution in [0.4, 0.5) is 9.80 Å². The molecule has 0 aliphatic heterocycles. The fraction of sp³-hybridized carbons (Fsp3) is 0.278. The molecule has 0 unspecified atom stereocenters. The van der Waals surface area contributed by atoms with Crippen LogP contribution in [0.1, 0.15) is 37.5 Å². The number of halogens is 1. The van der Waals surface area contributed by atoms with Crippen LogP contribution >= 0.6 is 22.9 Å². The molecule has 0 bridgehead atoms. The fourth-order valence-electron chi connectivity index (χ4n) is 1.99. The minimum atomic E-state index is -0.532. The molecule has 1 heterocycles. The predicted octanol–water partition coefficient (Wildman–Crippen LogP) is 6.14. The smallest absolute Gasteiger partial charge is 0.412 e. The number of ether oxygens (including phenoxy) is 1. The zero-order valence-corrected chi connectivity index (χ0v) is 15.2. The Morgan fingerprint density at radius 1 is 1.26 bits per heavy atom. The lowest BCUT2D eigenvalue weighted by atomic mass is 10.1. The van der Waals surface area contributed by atoms with Crippen LogP contribution in [-0.2, 0) is 4.74 Å². The van der Waals surface area contributed by atoms with Crippen LogP contribution in [0, 0.1) is 6.92 Å². The average Bonchev–Trinajstić information content (AvgIpc) is 2.84. The monoisotopic (exact) mass is 349 g/mol. The number of carbonyl (C=O) groups is 1. The van der Waals surface area contributed by atoms with Gasteiger partial charge in [-0.3, -0.25) is 5.32 Å². The van der Waals surface area contributed by atoms with Crippen LogP contribution in [0.2, 0.25) is 0 Å². The predicted molar refractivity (Wildman–Crippen MR) is 99.1 cm³/mol. The van der Waals surface area contributed by atoms with E-state index in [4.69, 9.17) is 16.3 Å². The molecule has 1 aromatic carbocycles. The summed E-state index contributed by atoms with van der Waals surface area (Å²) < 4.78 is 5.28. The molecule has 2 rings (SSSR count).